The molecule has 12 heteroatoms. The number of likely N-dealkylation sites (N-methyl/N-ethyl adjacent to an activating group) is 1. The summed E-state index contributed by atoms with van der Waals surface area (Å²) in [4.78, 5) is 67.4. The van der Waals surface area contributed by atoms with Crippen molar-refractivity contribution in [3.8, 4) is 5.75 Å². The van der Waals surface area contributed by atoms with Gasteiger partial charge in [0.05, 0.1) is 29.3 Å². The van der Waals surface area contributed by atoms with E-state index < -0.39 is 75.6 Å². The third kappa shape index (κ3) is 3.45. The van der Waals surface area contributed by atoms with E-state index in [1.54, 1.807) is 18.2 Å². The van der Waals surface area contributed by atoms with Crippen LogP contribution < -0.4 is 5.73 Å². The second-order valence-electron chi connectivity index (χ2n) is 11.3. The lowest BCUT2D eigenvalue weighted by Crippen LogP contribution is -2.65. The Balaban J connectivity index is 1.44. The number of imide groups is 1. The maximum absolute atomic E-state index is 14.0. The summed E-state index contributed by atoms with van der Waals surface area (Å²) in [7, 11) is 3.06. The van der Waals surface area contributed by atoms with E-state index in [1.165, 1.54) is 37.2 Å². The highest BCUT2D eigenvalue weighted by molar-refractivity contribution is 6.24. The Bertz CT molecular complexity index is 1690. The van der Waals surface area contributed by atoms with Crippen LogP contribution in [0.15, 0.2) is 53.3 Å². The number of rotatable bonds is 4. The molecule has 2 aromatic rings. The van der Waals surface area contributed by atoms with Crippen LogP contribution in [0.4, 0.5) is 0 Å². The van der Waals surface area contributed by atoms with Crippen LogP contribution in [0, 0.1) is 11.8 Å². The molecule has 3 amide bonds. The van der Waals surface area contributed by atoms with Gasteiger partial charge in [-0.15, -0.1) is 0 Å². The summed E-state index contributed by atoms with van der Waals surface area (Å²) in [6.45, 7) is -0.310. The van der Waals surface area contributed by atoms with Crippen LogP contribution in [-0.4, -0.2) is 85.3 Å². The molecule has 1 fully saturated rings. The van der Waals surface area contributed by atoms with E-state index in [0.29, 0.717) is 5.56 Å². The number of fused-ring (bicyclic) bond motifs is 4. The van der Waals surface area contributed by atoms with Crippen molar-refractivity contribution in [1.29, 1.82) is 0 Å². The van der Waals surface area contributed by atoms with Crippen molar-refractivity contribution < 1.29 is 44.4 Å². The fourth-order valence-electron chi connectivity index (χ4n) is 6.94. The SMILES string of the molecule is CN(C)[C@H]1C(=O)C(C(N)=O)=C(O)[C@]2(O)C(=O)C3=C(O)c4c(ccc(CN5C(=O)c6ccccc6C5=O)c4O)C[C@@H]3C[C@H]12. The van der Waals surface area contributed by atoms with Crippen molar-refractivity contribution in [2.24, 2.45) is 17.6 Å². The molecule has 0 saturated heterocycles. The Labute approximate surface area is 238 Å². The number of benzene rings is 2. The number of phenols is 1. The Morgan fingerprint density at radius 2 is 1.64 bits per heavy atom. The van der Waals surface area contributed by atoms with Crippen molar-refractivity contribution in [1.82, 2.24) is 9.80 Å². The molecule has 6 N–H and O–H groups in total. The summed E-state index contributed by atoms with van der Waals surface area (Å²) in [6.07, 6.45) is 0.110. The molecule has 4 aliphatic rings. The molecule has 0 unspecified atom stereocenters. The first-order chi connectivity index (χ1) is 19.8. The maximum Gasteiger partial charge on any atom is 0.261 e. The van der Waals surface area contributed by atoms with Gasteiger partial charge in [0.1, 0.15) is 22.8 Å². The minimum absolute atomic E-state index is 0.0245. The third-order valence-corrected chi connectivity index (χ3v) is 8.88. The number of carbonyl (C=O) groups excluding carboxylic acids is 5. The van der Waals surface area contributed by atoms with Crippen LogP contribution >= 0.6 is 0 Å². The first-order valence-corrected chi connectivity index (χ1v) is 13.2. The summed E-state index contributed by atoms with van der Waals surface area (Å²) < 4.78 is 0. The molecule has 216 valence electrons. The molecule has 2 aromatic carbocycles. The first-order valence-electron chi connectivity index (χ1n) is 13.2. The number of carbonyl (C=O) groups is 5. The lowest BCUT2D eigenvalue weighted by molar-refractivity contribution is -0.153. The van der Waals surface area contributed by atoms with E-state index in [4.69, 9.17) is 5.73 Å². The molecule has 6 rings (SSSR count). The number of aliphatic hydroxyl groups is 3. The Morgan fingerprint density at radius 3 is 2.21 bits per heavy atom. The molecular weight excluding hydrogens is 546 g/mol. The highest BCUT2D eigenvalue weighted by Gasteiger charge is 2.64. The minimum Gasteiger partial charge on any atom is -0.508 e. The molecule has 1 heterocycles. The highest BCUT2D eigenvalue weighted by atomic mass is 16.3. The zero-order chi connectivity index (χ0) is 30.4. The van der Waals surface area contributed by atoms with E-state index in [9.17, 15) is 44.4 Å². The lowest BCUT2D eigenvalue weighted by atomic mass is 9.57. The van der Waals surface area contributed by atoms with Crippen molar-refractivity contribution in [2.45, 2.75) is 31.0 Å². The molecule has 0 spiro atoms. The van der Waals surface area contributed by atoms with Crippen LogP contribution in [0.1, 0.15) is 43.8 Å². The number of amides is 3. The predicted molar refractivity (Wildman–Crippen MR) is 145 cm³/mol. The lowest BCUT2D eigenvalue weighted by Gasteiger charge is -2.50. The fourth-order valence-corrected chi connectivity index (χ4v) is 6.94. The molecular formula is C30H27N3O9. The van der Waals surface area contributed by atoms with Crippen LogP contribution in [0.5, 0.6) is 5.75 Å². The van der Waals surface area contributed by atoms with Gasteiger partial charge < -0.3 is 26.2 Å². The smallest absolute Gasteiger partial charge is 0.261 e. The molecule has 0 aromatic heterocycles. The van der Waals surface area contributed by atoms with Gasteiger partial charge in [0.25, 0.3) is 17.7 Å². The zero-order valence-corrected chi connectivity index (χ0v) is 22.6. The van der Waals surface area contributed by atoms with Gasteiger partial charge in [-0.05, 0) is 50.6 Å². The number of Topliss-reactive ketones (excluding diaryl/α,β-unsaturated/α-hetero) is 2. The number of hydrogen-bond acceptors (Lipinski definition) is 10. The topological polar surface area (TPSA) is 199 Å². The molecule has 3 aliphatic carbocycles. The van der Waals surface area contributed by atoms with E-state index in [2.05, 4.69) is 0 Å². The van der Waals surface area contributed by atoms with E-state index in [-0.39, 0.29) is 47.2 Å². The van der Waals surface area contributed by atoms with Crippen LogP contribution in [0.25, 0.3) is 5.76 Å². The van der Waals surface area contributed by atoms with Crippen LogP contribution in [-0.2, 0) is 27.3 Å². The molecule has 12 nitrogen and oxygen atoms in total. The number of phenolic OH excluding ortho intramolecular Hbond substituents is 1. The summed E-state index contributed by atoms with van der Waals surface area (Å²) in [5, 5.41) is 45.3. The Hall–Kier alpha value is -4.81. The predicted octanol–water partition coefficient (Wildman–Crippen LogP) is 0.760. The number of hydrogen-bond donors (Lipinski definition) is 5. The van der Waals surface area contributed by atoms with Gasteiger partial charge in [-0.25, -0.2) is 0 Å². The Kier molecular flexibility index (Phi) is 5.93. The number of ketones is 2. The molecule has 1 aliphatic heterocycles. The zero-order valence-electron chi connectivity index (χ0n) is 22.6. The van der Waals surface area contributed by atoms with Gasteiger partial charge in [0.2, 0.25) is 5.78 Å². The normalized spacial score (nSPS) is 26.9. The fraction of sp³-hybridized carbons (Fsp3) is 0.300. The van der Waals surface area contributed by atoms with Gasteiger partial charge in [0, 0.05) is 17.1 Å². The van der Waals surface area contributed by atoms with E-state index >= 15 is 0 Å². The molecule has 4 atom stereocenters. The standard InChI is InChI=1S/C30H27N3O9/c1-32(2)21-17-10-14-9-12-7-8-13(11-33-28(40)15-5-3-4-6-16(15)29(33)41)22(34)18(12)23(35)19(14)25(37)30(17,42)26(38)20(24(21)36)27(31)39/h3-8,14,17,21,34-35,38,42H,9-11H2,1-2H3,(H2,31,39)/t14-,17-,21-,30-/m1/s1. The molecule has 0 bridgehead atoms. The van der Waals surface area contributed by atoms with Gasteiger partial charge in [-0.2, -0.15) is 0 Å². The number of nitrogens with zero attached hydrogens (tertiary/aromatic N) is 2. The minimum atomic E-state index is -2.74. The van der Waals surface area contributed by atoms with Crippen LogP contribution in [0.3, 0.4) is 0 Å². The maximum atomic E-state index is 14.0. The third-order valence-electron chi connectivity index (χ3n) is 8.88. The van der Waals surface area contributed by atoms with Crippen molar-refractivity contribution >= 4 is 35.0 Å². The Morgan fingerprint density at radius 1 is 1.02 bits per heavy atom. The summed E-state index contributed by atoms with van der Waals surface area (Å²) in [5.41, 5.74) is 2.38. The van der Waals surface area contributed by atoms with Gasteiger partial charge in [0.15, 0.2) is 11.4 Å². The summed E-state index contributed by atoms with van der Waals surface area (Å²) >= 11 is 0. The quantitative estimate of drug-likeness (QED) is 0.257. The van der Waals surface area contributed by atoms with E-state index in [1.807, 2.05) is 0 Å². The second-order valence-corrected chi connectivity index (χ2v) is 11.3. The number of aliphatic hydroxyl groups excluding tert-OH is 2. The first kappa shape index (κ1) is 27.4. The van der Waals surface area contributed by atoms with Gasteiger partial charge in [-0.1, -0.05) is 24.3 Å². The average Bonchev–Trinajstić information content (AvgIpc) is 3.16. The molecule has 0 radical (unpaired) electrons. The number of nitrogens with two attached hydrogens (primary N) is 1. The molecule has 1 saturated carbocycles. The largest absolute Gasteiger partial charge is 0.508 e. The van der Waals surface area contributed by atoms with E-state index in [0.717, 1.165) is 4.90 Å². The van der Waals surface area contributed by atoms with Crippen molar-refractivity contribution in [3.63, 3.8) is 0 Å². The summed E-state index contributed by atoms with van der Waals surface area (Å²) in [6, 6.07) is 8.28. The molecule has 42 heavy (non-hydrogen) atoms. The van der Waals surface area contributed by atoms with Gasteiger partial charge in [-0.3, -0.25) is 33.8 Å². The second kappa shape index (κ2) is 9.10. The average molecular weight is 574 g/mol. The van der Waals surface area contributed by atoms with Crippen molar-refractivity contribution in [2.75, 3.05) is 14.1 Å². The number of aromatic hydroxyl groups is 1. The monoisotopic (exact) mass is 573 g/mol. The van der Waals surface area contributed by atoms with Crippen LogP contribution in [0.2, 0.25) is 0 Å². The summed E-state index contributed by atoms with van der Waals surface area (Å²) in [5.74, 6) is -8.47. The van der Waals surface area contributed by atoms with Gasteiger partial charge >= 0.3 is 0 Å². The highest BCUT2D eigenvalue weighted by Crippen LogP contribution is 2.53. The number of primary amides is 1. The van der Waals surface area contributed by atoms with Crippen molar-refractivity contribution in [3.05, 3.63) is 81.1 Å².